The molecule has 8 nitrogen and oxygen atoms in total. The van der Waals surface area contributed by atoms with Gasteiger partial charge in [-0.1, -0.05) is 26.7 Å². The normalized spacial score (nSPS) is 26.0. The second kappa shape index (κ2) is 14.6. The summed E-state index contributed by atoms with van der Waals surface area (Å²) in [5, 5.41) is 37.3. The van der Waals surface area contributed by atoms with Gasteiger partial charge in [-0.05, 0) is 44.9 Å². The highest BCUT2D eigenvalue weighted by atomic mass is 35.5. The average molecular weight is 497 g/mol. The molecule has 5 N–H and O–H groups in total. The molecule has 188 valence electrons. The zero-order valence-corrected chi connectivity index (χ0v) is 21.4. The molecule has 32 heavy (non-hydrogen) atoms. The minimum absolute atomic E-state index is 0.186. The molecular formula is C22H41ClN2O6S. The van der Waals surface area contributed by atoms with Crippen LogP contribution in [0.1, 0.15) is 59.8 Å². The average Bonchev–Trinajstić information content (AvgIpc) is 2.99. The van der Waals surface area contributed by atoms with Crippen molar-refractivity contribution in [2.24, 2.45) is 11.8 Å². The van der Waals surface area contributed by atoms with Gasteiger partial charge in [0, 0.05) is 12.8 Å². The Kier molecular flexibility index (Phi) is 13.5. The first-order chi connectivity index (χ1) is 15.0. The molecule has 1 heterocycles. The number of aliphatic hydroxyl groups excluding tert-OH is 3. The summed E-state index contributed by atoms with van der Waals surface area (Å²) in [6.07, 6.45) is 2.36. The predicted octanol–water partition coefficient (Wildman–Crippen LogP) is 1.63. The molecular weight excluding hydrogens is 456 g/mol. The lowest BCUT2D eigenvalue weighted by Crippen LogP contribution is -2.57. The Morgan fingerprint density at radius 2 is 1.84 bits per heavy atom. The van der Waals surface area contributed by atoms with Crippen molar-refractivity contribution in [3.05, 3.63) is 0 Å². The second-order valence-electron chi connectivity index (χ2n) is 8.78. The fourth-order valence-electron chi connectivity index (χ4n) is 4.30. The van der Waals surface area contributed by atoms with E-state index in [-0.39, 0.29) is 11.9 Å². The number of aliphatic hydroxyl groups is 3. The summed E-state index contributed by atoms with van der Waals surface area (Å²) in [6, 6.07) is -0.981. The molecule has 1 saturated heterocycles. The maximum Gasteiger partial charge on any atom is 0.303 e. The van der Waals surface area contributed by atoms with Gasteiger partial charge in [-0.15, -0.1) is 23.4 Å². The lowest BCUT2D eigenvalue weighted by molar-refractivity contribution is -0.166. The van der Waals surface area contributed by atoms with E-state index in [9.17, 15) is 24.9 Å². The summed E-state index contributed by atoms with van der Waals surface area (Å²) in [5.74, 6) is -0.926. The van der Waals surface area contributed by atoms with Crippen molar-refractivity contribution in [2.75, 3.05) is 12.8 Å². The number of carbonyl (C=O) groups excluding carboxylic acids is 2. The van der Waals surface area contributed by atoms with Crippen LogP contribution >= 0.6 is 23.4 Å². The van der Waals surface area contributed by atoms with Crippen LogP contribution in [0.15, 0.2) is 0 Å². The summed E-state index contributed by atoms with van der Waals surface area (Å²) in [5.41, 5.74) is -1.22. The van der Waals surface area contributed by atoms with Gasteiger partial charge in [-0.3, -0.25) is 9.59 Å². The lowest BCUT2D eigenvalue weighted by atomic mass is 9.88. The Bertz CT molecular complexity index is 585. The second-order valence-corrected chi connectivity index (χ2v) is 10.4. The highest BCUT2D eigenvalue weighted by molar-refractivity contribution is 7.99. The molecule has 9 atom stereocenters. The van der Waals surface area contributed by atoms with Gasteiger partial charge >= 0.3 is 5.97 Å². The minimum Gasteiger partial charge on any atom is -0.456 e. The Labute approximate surface area is 201 Å². The maximum absolute atomic E-state index is 13.0. The lowest BCUT2D eigenvalue weighted by Gasteiger charge is -2.36. The molecule has 0 radical (unpaired) electrons. The van der Waals surface area contributed by atoms with Crippen molar-refractivity contribution >= 4 is 35.2 Å². The number of hydrogen-bond acceptors (Lipinski definition) is 8. The van der Waals surface area contributed by atoms with Crippen molar-refractivity contribution in [2.45, 2.75) is 101 Å². The van der Waals surface area contributed by atoms with Crippen LogP contribution in [0.5, 0.6) is 0 Å². The Morgan fingerprint density at radius 1 is 1.19 bits per heavy atom. The van der Waals surface area contributed by atoms with E-state index in [1.165, 1.54) is 0 Å². The molecule has 0 aromatic carbocycles. The molecule has 10 heteroatoms. The van der Waals surface area contributed by atoms with Crippen molar-refractivity contribution in [1.29, 1.82) is 0 Å². The van der Waals surface area contributed by atoms with Crippen LogP contribution < -0.4 is 10.6 Å². The third-order valence-corrected chi connectivity index (χ3v) is 7.26. The predicted molar refractivity (Wildman–Crippen MR) is 128 cm³/mol. The van der Waals surface area contributed by atoms with Crippen LogP contribution in [0.4, 0.5) is 0 Å². The molecule has 1 aliphatic rings. The van der Waals surface area contributed by atoms with E-state index in [4.69, 9.17) is 16.3 Å². The summed E-state index contributed by atoms with van der Waals surface area (Å²) in [7, 11) is 0. The summed E-state index contributed by atoms with van der Waals surface area (Å²) < 4.78 is 5.05. The van der Waals surface area contributed by atoms with E-state index in [0.717, 1.165) is 57.3 Å². The number of amides is 1. The van der Waals surface area contributed by atoms with Crippen LogP contribution in [0.3, 0.4) is 0 Å². The van der Waals surface area contributed by atoms with Crippen molar-refractivity contribution in [3.8, 4) is 0 Å². The molecule has 0 bridgehead atoms. The molecule has 1 rings (SSSR count). The number of alkyl halides is 1. The van der Waals surface area contributed by atoms with Crippen LogP contribution in [-0.2, 0) is 14.3 Å². The molecule has 1 aliphatic heterocycles. The van der Waals surface area contributed by atoms with Gasteiger partial charge in [0.2, 0.25) is 5.91 Å². The van der Waals surface area contributed by atoms with Gasteiger partial charge in [0.1, 0.15) is 11.5 Å². The molecule has 0 saturated carbocycles. The first-order valence-electron chi connectivity index (χ1n) is 11.4. The van der Waals surface area contributed by atoms with E-state index in [0.29, 0.717) is 5.92 Å². The van der Waals surface area contributed by atoms with Crippen LogP contribution in [-0.4, -0.2) is 81.2 Å². The number of ether oxygens (including phenoxy) is 1. The first kappa shape index (κ1) is 29.5. The van der Waals surface area contributed by atoms with Gasteiger partial charge in [-0.2, -0.15) is 0 Å². The van der Waals surface area contributed by atoms with Crippen LogP contribution in [0, 0.1) is 11.8 Å². The van der Waals surface area contributed by atoms with Gasteiger partial charge in [0.25, 0.3) is 0 Å². The van der Waals surface area contributed by atoms with Crippen molar-refractivity contribution < 1.29 is 29.6 Å². The molecule has 0 aliphatic carbocycles. The summed E-state index contributed by atoms with van der Waals surface area (Å²) in [6.45, 7) is 7.47. The van der Waals surface area contributed by atoms with E-state index in [1.807, 2.05) is 0 Å². The van der Waals surface area contributed by atoms with Crippen LogP contribution in [0.2, 0.25) is 0 Å². The van der Waals surface area contributed by atoms with Gasteiger partial charge < -0.3 is 30.7 Å². The maximum atomic E-state index is 13.0. The smallest absolute Gasteiger partial charge is 0.303 e. The number of rotatable bonds is 12. The highest BCUT2D eigenvalue weighted by Crippen LogP contribution is 2.25. The molecule has 0 aromatic heterocycles. The summed E-state index contributed by atoms with van der Waals surface area (Å²) in [4.78, 5) is 24.4. The number of thioether (sulfide) groups is 1. The third-order valence-electron chi connectivity index (χ3n) is 6.24. The zero-order valence-electron chi connectivity index (χ0n) is 19.8. The van der Waals surface area contributed by atoms with Crippen molar-refractivity contribution in [1.82, 2.24) is 10.6 Å². The Hall–Kier alpha value is -0.580. The van der Waals surface area contributed by atoms with E-state index < -0.39 is 47.1 Å². The quantitative estimate of drug-likeness (QED) is 0.157. The number of nitrogens with one attached hydrogen (secondary N) is 2. The molecule has 0 aromatic rings. The molecule has 1 amide bonds. The van der Waals surface area contributed by atoms with E-state index in [2.05, 4.69) is 17.6 Å². The Balaban J connectivity index is 2.86. The number of halogens is 1. The standard InChI is InChI=1S/C22H41ClN2O6S/c1-6-7-15-8-9-16(24-11-10-15)21(29)25-17(13(3)23)12(2)18(27)19(28)20(22(30)32-5)31-14(4)26/h12-13,15-20,22,24,27-28,30H,6-11H2,1-5H3,(H,25,29)/t12-,13+,15?,16+,17+,18+,19+,20-,22-/m1/s1. The summed E-state index contributed by atoms with van der Waals surface area (Å²) >= 11 is 7.34. The highest BCUT2D eigenvalue weighted by Gasteiger charge is 2.41. The zero-order chi connectivity index (χ0) is 24.4. The molecule has 1 fully saturated rings. The minimum atomic E-state index is -1.56. The van der Waals surface area contributed by atoms with Gasteiger partial charge in [0.05, 0.1) is 23.6 Å². The number of hydrogen-bond donors (Lipinski definition) is 5. The third kappa shape index (κ3) is 8.99. The fourth-order valence-corrected chi connectivity index (χ4v) is 5.08. The number of carbonyl (C=O) groups is 2. The topological polar surface area (TPSA) is 128 Å². The molecule has 1 unspecified atom stereocenters. The SMILES string of the molecule is CCCC1CCN[C@H](C(=O)N[C@@H]([C@@H](C)[C@H](O)[C@H](O)[C@@H](OC(C)=O)[C@H](O)SC)[C@H](C)Cl)CC1. The number of esters is 1. The van der Waals surface area contributed by atoms with E-state index >= 15 is 0 Å². The van der Waals surface area contributed by atoms with Gasteiger partial charge in [0.15, 0.2) is 6.10 Å². The van der Waals surface area contributed by atoms with Crippen LogP contribution in [0.25, 0.3) is 0 Å². The van der Waals surface area contributed by atoms with Crippen molar-refractivity contribution in [3.63, 3.8) is 0 Å². The first-order valence-corrected chi connectivity index (χ1v) is 13.2. The van der Waals surface area contributed by atoms with Gasteiger partial charge in [-0.25, -0.2) is 0 Å². The fraction of sp³-hybridized carbons (Fsp3) is 0.909. The Morgan fingerprint density at radius 3 is 2.38 bits per heavy atom. The van der Waals surface area contributed by atoms with E-state index in [1.54, 1.807) is 20.1 Å². The largest absolute Gasteiger partial charge is 0.456 e. The monoisotopic (exact) mass is 496 g/mol. The molecule has 0 spiro atoms.